The van der Waals surface area contributed by atoms with Gasteiger partial charge in [0.15, 0.2) is 36.0 Å². The fourth-order valence-corrected chi connectivity index (χ4v) is 2.26. The molecule has 1 rings (SSSR count). The van der Waals surface area contributed by atoms with E-state index in [1.807, 2.05) is 0 Å². The molecule has 0 aliphatic carbocycles. The zero-order valence-electron chi connectivity index (χ0n) is 15.7. The van der Waals surface area contributed by atoms with Crippen LogP contribution in [0.4, 0.5) is 0 Å². The zero-order chi connectivity index (χ0) is 25.7. The normalized spacial score (nSPS) is 13.6. The number of esters is 1. The second-order valence-corrected chi connectivity index (χ2v) is 5.98. The smallest absolute Gasteiger partial charge is 0.436 e. The van der Waals surface area contributed by atoms with Gasteiger partial charge in [0.2, 0.25) is 5.91 Å². The summed E-state index contributed by atoms with van der Waals surface area (Å²) in [6.07, 6.45) is -3.07. The topological polar surface area (TPSA) is 318 Å². The quantitative estimate of drug-likeness (QED) is 0.124. The summed E-state index contributed by atoms with van der Waals surface area (Å²) in [4.78, 5) is 77.7. The molecule has 1 aliphatic heterocycles. The summed E-state index contributed by atoms with van der Waals surface area (Å²) in [7, 11) is 0. The number of ether oxygens (including phenoxy) is 1. The second-order valence-electron chi connectivity index (χ2n) is 5.98. The van der Waals surface area contributed by atoms with Crippen LogP contribution in [0.5, 0.6) is 0 Å². The molecule has 33 heavy (non-hydrogen) atoms. The SMILES string of the molecule is O=C(OCC([N+](=O)[O-])([N+](=O)[O-])[N+](=O)[O-])C1=NN(C(=O)CCC([N+](=O)[O-])([N+](=O)[O-])[N+](=O)[O-])CC1. The van der Waals surface area contributed by atoms with E-state index in [-0.39, 0.29) is 0 Å². The van der Waals surface area contributed by atoms with Crippen molar-refractivity contribution in [2.24, 2.45) is 5.10 Å². The van der Waals surface area contributed by atoms with E-state index in [0.717, 1.165) is 0 Å². The molecular weight excluding hydrogens is 472 g/mol. The second kappa shape index (κ2) is 9.43. The predicted octanol–water partition coefficient (Wildman–Crippen LogP) is -2.13. The van der Waals surface area contributed by atoms with Gasteiger partial charge in [-0.25, -0.2) is 9.80 Å². The maximum Gasteiger partial charge on any atom is 0.734 e. The molecule has 0 radical (unpaired) electrons. The van der Waals surface area contributed by atoms with Crippen molar-refractivity contribution in [1.29, 1.82) is 0 Å². The Kier molecular flexibility index (Phi) is 7.45. The highest BCUT2D eigenvalue weighted by Gasteiger charge is 2.72. The molecule has 23 heteroatoms. The number of hydrogen-bond acceptors (Lipinski definition) is 16. The van der Waals surface area contributed by atoms with Crippen molar-refractivity contribution in [2.45, 2.75) is 30.8 Å². The molecule has 0 N–H and O–H groups in total. The van der Waals surface area contributed by atoms with Gasteiger partial charge in [-0.15, -0.1) is 0 Å². The Hall–Kier alpha value is -4.99. The summed E-state index contributed by atoms with van der Waals surface area (Å²) in [5, 5.41) is 68.6. The van der Waals surface area contributed by atoms with Gasteiger partial charge in [0, 0.05) is 6.42 Å². The van der Waals surface area contributed by atoms with Crippen molar-refractivity contribution in [3.63, 3.8) is 0 Å². The summed E-state index contributed by atoms with van der Waals surface area (Å²) in [5.41, 5.74) is -0.698. The molecule has 0 saturated heterocycles. The summed E-state index contributed by atoms with van der Waals surface area (Å²) in [5.74, 6) is -10.9. The van der Waals surface area contributed by atoms with E-state index in [0.29, 0.717) is 5.01 Å². The molecule has 0 atom stereocenters. The molecule has 0 aromatic carbocycles. The molecule has 0 bridgehead atoms. The molecule has 0 aromatic heterocycles. The van der Waals surface area contributed by atoms with Gasteiger partial charge < -0.3 is 4.74 Å². The molecule has 23 nitrogen and oxygen atoms in total. The van der Waals surface area contributed by atoms with E-state index in [1.54, 1.807) is 0 Å². The fraction of sp³-hybridized carbons (Fsp3) is 0.700. The van der Waals surface area contributed by atoms with Crippen LogP contribution in [0.3, 0.4) is 0 Å². The lowest BCUT2D eigenvalue weighted by atomic mass is 10.2. The molecule has 0 unspecified atom stereocenters. The van der Waals surface area contributed by atoms with E-state index in [2.05, 4.69) is 9.84 Å². The Bertz CT molecular complexity index is 902. The van der Waals surface area contributed by atoms with Crippen molar-refractivity contribution in [2.75, 3.05) is 13.2 Å². The Labute approximate surface area is 177 Å². The van der Waals surface area contributed by atoms with Crippen LogP contribution in [-0.2, 0) is 14.3 Å². The van der Waals surface area contributed by atoms with Gasteiger partial charge in [-0.2, -0.15) is 5.10 Å². The third-order valence-electron chi connectivity index (χ3n) is 4.15. The highest BCUT2D eigenvalue weighted by atomic mass is 16.8. The fourth-order valence-electron chi connectivity index (χ4n) is 2.26. The van der Waals surface area contributed by atoms with Crippen molar-refractivity contribution < 1.29 is 43.9 Å². The lowest BCUT2D eigenvalue weighted by Crippen LogP contribution is -2.57. The molecule has 1 amide bonds. The molecule has 1 aliphatic rings. The Morgan fingerprint density at radius 2 is 1.24 bits per heavy atom. The number of amides is 1. The summed E-state index contributed by atoms with van der Waals surface area (Å²) in [6.45, 7) is -2.39. The number of hydrazone groups is 1. The van der Waals surface area contributed by atoms with Crippen LogP contribution >= 0.6 is 0 Å². The molecule has 0 fully saturated rings. The van der Waals surface area contributed by atoms with Crippen LogP contribution < -0.4 is 0 Å². The largest absolute Gasteiger partial charge is 0.734 e. The van der Waals surface area contributed by atoms with Gasteiger partial charge in [-0.05, 0) is 0 Å². The Morgan fingerprint density at radius 3 is 1.64 bits per heavy atom. The van der Waals surface area contributed by atoms with Crippen molar-refractivity contribution in [1.82, 2.24) is 5.01 Å². The van der Waals surface area contributed by atoms with E-state index in [9.17, 15) is 70.3 Å². The average Bonchev–Trinajstić information content (AvgIpc) is 3.17. The van der Waals surface area contributed by atoms with Gasteiger partial charge in [-0.3, -0.25) is 65.5 Å². The highest BCUT2D eigenvalue weighted by molar-refractivity contribution is 6.37. The van der Waals surface area contributed by atoms with Gasteiger partial charge >= 0.3 is 24.1 Å². The van der Waals surface area contributed by atoms with Crippen LogP contribution in [0.2, 0.25) is 0 Å². The van der Waals surface area contributed by atoms with E-state index in [1.165, 1.54) is 0 Å². The number of nitro groups is 6. The summed E-state index contributed by atoms with van der Waals surface area (Å²) in [6, 6.07) is 0. The minimum Gasteiger partial charge on any atom is -0.436 e. The first-order chi connectivity index (χ1) is 15.1. The number of rotatable bonds is 12. The van der Waals surface area contributed by atoms with Crippen molar-refractivity contribution in [3.8, 4) is 0 Å². The lowest BCUT2D eigenvalue weighted by Gasteiger charge is -2.12. The molecule has 0 spiro atoms. The Balaban J connectivity index is 2.92. The average molecular weight is 482 g/mol. The molecule has 1 heterocycles. The highest BCUT2D eigenvalue weighted by Crippen LogP contribution is 2.21. The maximum absolute atomic E-state index is 12.0. The number of carbonyl (C=O) groups is 2. The zero-order valence-corrected chi connectivity index (χ0v) is 15.7. The van der Waals surface area contributed by atoms with Crippen LogP contribution in [0, 0.1) is 60.7 Å². The molecule has 0 saturated carbocycles. The maximum atomic E-state index is 12.0. The van der Waals surface area contributed by atoms with Crippen molar-refractivity contribution in [3.05, 3.63) is 60.7 Å². The lowest BCUT2D eigenvalue weighted by molar-refractivity contribution is -0.970. The van der Waals surface area contributed by atoms with Crippen LogP contribution in [-0.4, -0.2) is 76.9 Å². The standard InChI is InChI=1S/C10H10N8O15/c19-7(1-3-9(13(21)22,14(23)24)15(25)26)12-4-2-6(11-12)8(20)33-5-10(16(27)28,17(29)30)18(31)32/h1-5H2. The third kappa shape index (κ3) is 4.69. The summed E-state index contributed by atoms with van der Waals surface area (Å²) >= 11 is 0. The third-order valence-corrected chi connectivity index (χ3v) is 4.15. The monoisotopic (exact) mass is 482 g/mol. The van der Waals surface area contributed by atoms with Gasteiger partial charge in [-0.1, -0.05) is 0 Å². The Morgan fingerprint density at radius 1 is 0.818 bits per heavy atom. The number of hydrogen-bond donors (Lipinski definition) is 0. The van der Waals surface area contributed by atoms with Crippen LogP contribution in [0.25, 0.3) is 0 Å². The minimum absolute atomic E-state index is 0.420. The van der Waals surface area contributed by atoms with E-state index < -0.39 is 91.1 Å². The van der Waals surface area contributed by atoms with Gasteiger partial charge in [0.25, 0.3) is 0 Å². The molecule has 0 aromatic rings. The van der Waals surface area contributed by atoms with Crippen molar-refractivity contribution >= 4 is 17.6 Å². The molecule has 180 valence electrons. The first-order valence-electron chi connectivity index (χ1n) is 8.06. The minimum atomic E-state index is -4.11. The van der Waals surface area contributed by atoms with E-state index >= 15 is 0 Å². The van der Waals surface area contributed by atoms with E-state index in [4.69, 9.17) is 0 Å². The predicted molar refractivity (Wildman–Crippen MR) is 91.4 cm³/mol. The summed E-state index contributed by atoms with van der Waals surface area (Å²) < 4.78 is 4.21. The number of carbonyl (C=O) groups excluding carboxylic acids is 2. The van der Waals surface area contributed by atoms with Crippen LogP contribution in [0.1, 0.15) is 19.3 Å². The molecular formula is C10H10N8O15. The van der Waals surface area contributed by atoms with Crippen LogP contribution in [0.15, 0.2) is 5.10 Å². The first-order valence-corrected chi connectivity index (χ1v) is 8.06. The van der Waals surface area contributed by atoms with Gasteiger partial charge in [0.05, 0.1) is 13.0 Å². The van der Waals surface area contributed by atoms with Gasteiger partial charge in [0.1, 0.15) is 5.71 Å². The number of nitrogens with zero attached hydrogens (tertiary/aromatic N) is 8. The first kappa shape index (κ1) is 26.0.